The van der Waals surface area contributed by atoms with E-state index in [1.165, 1.54) is 0 Å². The van der Waals surface area contributed by atoms with Crippen molar-refractivity contribution in [1.29, 1.82) is 0 Å². The lowest BCUT2D eigenvalue weighted by molar-refractivity contribution is 0.0808. The molecule has 0 bridgehead atoms. The number of thioether (sulfide) groups is 1. The van der Waals surface area contributed by atoms with Crippen LogP contribution >= 0.6 is 23.4 Å². The van der Waals surface area contributed by atoms with Crippen molar-refractivity contribution >= 4 is 29.1 Å². The standard InChI is InChI=1S/C19H24ClN3OS/c1-13-16(19(20)22(2)21-13)12-23-10-6-7-14(11-23)18(24)15-8-4-5-9-17(15)25-3/h4-5,8-9,14H,6-7,10-12H2,1-3H3/t14-/m0/s1. The number of hydrogen-bond donors (Lipinski definition) is 0. The van der Waals surface area contributed by atoms with E-state index in [4.69, 9.17) is 11.6 Å². The summed E-state index contributed by atoms with van der Waals surface area (Å²) in [7, 11) is 1.86. The molecule has 0 spiro atoms. The average molecular weight is 378 g/mol. The summed E-state index contributed by atoms with van der Waals surface area (Å²) in [6.07, 6.45) is 4.01. The van der Waals surface area contributed by atoms with Crippen LogP contribution in [0.15, 0.2) is 29.2 Å². The van der Waals surface area contributed by atoms with Crippen molar-refractivity contribution in [2.45, 2.75) is 31.2 Å². The predicted molar refractivity (Wildman–Crippen MR) is 104 cm³/mol. The minimum Gasteiger partial charge on any atom is -0.298 e. The first-order valence-electron chi connectivity index (χ1n) is 8.58. The van der Waals surface area contributed by atoms with Gasteiger partial charge in [0.25, 0.3) is 0 Å². The molecule has 2 aromatic rings. The lowest BCUT2D eigenvalue weighted by Crippen LogP contribution is -2.38. The number of likely N-dealkylation sites (tertiary alicyclic amines) is 1. The number of halogens is 1. The number of ketones is 1. The van der Waals surface area contributed by atoms with Crippen LogP contribution in [0.25, 0.3) is 0 Å². The summed E-state index contributed by atoms with van der Waals surface area (Å²) in [4.78, 5) is 16.4. The number of carbonyl (C=O) groups excluding carboxylic acids is 1. The number of nitrogens with zero attached hydrogens (tertiary/aromatic N) is 3. The molecule has 0 N–H and O–H groups in total. The van der Waals surface area contributed by atoms with Crippen molar-refractivity contribution in [1.82, 2.24) is 14.7 Å². The maximum absolute atomic E-state index is 13.0. The smallest absolute Gasteiger partial charge is 0.168 e. The lowest BCUT2D eigenvalue weighted by Gasteiger charge is -2.32. The Balaban J connectivity index is 1.74. The van der Waals surface area contributed by atoms with Gasteiger partial charge in [-0.15, -0.1) is 11.8 Å². The summed E-state index contributed by atoms with van der Waals surface area (Å²) in [5.41, 5.74) is 2.90. The summed E-state index contributed by atoms with van der Waals surface area (Å²) in [5, 5.41) is 5.08. The summed E-state index contributed by atoms with van der Waals surface area (Å²) in [6.45, 7) is 4.53. The first-order chi connectivity index (χ1) is 12.0. The Morgan fingerprint density at radius 1 is 1.40 bits per heavy atom. The predicted octanol–water partition coefficient (Wildman–Crippen LogP) is 4.20. The van der Waals surface area contributed by atoms with Crippen molar-refractivity contribution in [3.05, 3.63) is 46.2 Å². The third-order valence-electron chi connectivity index (χ3n) is 4.90. The molecular weight excluding hydrogens is 354 g/mol. The van der Waals surface area contributed by atoms with Crippen LogP contribution in [0.3, 0.4) is 0 Å². The maximum Gasteiger partial charge on any atom is 0.168 e. The zero-order chi connectivity index (χ0) is 18.0. The molecule has 1 saturated heterocycles. The zero-order valence-corrected chi connectivity index (χ0v) is 16.5. The van der Waals surface area contributed by atoms with E-state index in [0.717, 1.165) is 54.2 Å². The van der Waals surface area contributed by atoms with E-state index in [0.29, 0.717) is 5.15 Å². The van der Waals surface area contributed by atoms with Gasteiger partial charge in [-0.25, -0.2) is 0 Å². The molecule has 1 aromatic carbocycles. The molecule has 3 rings (SSSR count). The first-order valence-corrected chi connectivity index (χ1v) is 10.2. The number of benzene rings is 1. The molecule has 1 aromatic heterocycles. The molecular formula is C19H24ClN3OS. The number of Topliss-reactive ketones (excluding diaryl/α,β-unsaturated/α-hetero) is 1. The Morgan fingerprint density at radius 2 is 2.16 bits per heavy atom. The van der Waals surface area contributed by atoms with E-state index in [-0.39, 0.29) is 11.7 Å². The number of aromatic nitrogens is 2. The Kier molecular flexibility index (Phi) is 5.87. The molecule has 6 heteroatoms. The first kappa shape index (κ1) is 18.5. The van der Waals surface area contributed by atoms with Gasteiger partial charge in [0.05, 0.1) is 5.69 Å². The average Bonchev–Trinajstić information content (AvgIpc) is 2.87. The van der Waals surface area contributed by atoms with Gasteiger partial charge in [0.1, 0.15) is 5.15 Å². The molecule has 0 radical (unpaired) electrons. The summed E-state index contributed by atoms with van der Waals surface area (Å²) >= 11 is 8.01. The topological polar surface area (TPSA) is 38.1 Å². The quantitative estimate of drug-likeness (QED) is 0.578. The second kappa shape index (κ2) is 7.94. The normalized spacial score (nSPS) is 18.5. The van der Waals surface area contributed by atoms with Gasteiger partial charge in [-0.2, -0.15) is 5.10 Å². The fourth-order valence-electron chi connectivity index (χ4n) is 3.56. The number of aryl methyl sites for hydroxylation is 2. The van der Waals surface area contributed by atoms with Gasteiger partial charge in [-0.05, 0) is 38.6 Å². The Hall–Kier alpha value is -1.30. The van der Waals surface area contributed by atoms with Gasteiger partial charge in [-0.3, -0.25) is 14.4 Å². The molecule has 0 aliphatic carbocycles. The molecule has 2 heterocycles. The van der Waals surface area contributed by atoms with Crippen LogP contribution in [-0.4, -0.2) is 39.8 Å². The number of piperidine rings is 1. The molecule has 1 fully saturated rings. The number of rotatable bonds is 5. The Morgan fingerprint density at radius 3 is 2.84 bits per heavy atom. The van der Waals surface area contributed by atoms with Crippen molar-refractivity contribution in [3.8, 4) is 0 Å². The summed E-state index contributed by atoms with van der Waals surface area (Å²) in [5.74, 6) is 0.321. The highest BCUT2D eigenvalue weighted by Gasteiger charge is 2.28. The van der Waals surface area contributed by atoms with Crippen LogP contribution < -0.4 is 0 Å². The zero-order valence-electron chi connectivity index (χ0n) is 15.0. The number of carbonyl (C=O) groups is 1. The highest BCUT2D eigenvalue weighted by Crippen LogP contribution is 2.28. The second-order valence-corrected chi connectivity index (χ2v) is 7.82. The minimum atomic E-state index is 0.0535. The van der Waals surface area contributed by atoms with E-state index in [9.17, 15) is 4.79 Å². The maximum atomic E-state index is 13.0. The third-order valence-corrected chi connectivity index (χ3v) is 6.17. The van der Waals surface area contributed by atoms with Gasteiger partial charge in [0.15, 0.2) is 5.78 Å². The van der Waals surface area contributed by atoms with E-state index in [2.05, 4.69) is 10.00 Å². The Bertz CT molecular complexity index is 774. The van der Waals surface area contributed by atoms with E-state index >= 15 is 0 Å². The van der Waals surface area contributed by atoms with Crippen molar-refractivity contribution in [2.75, 3.05) is 19.3 Å². The number of hydrogen-bond acceptors (Lipinski definition) is 4. The third kappa shape index (κ3) is 3.94. The van der Waals surface area contributed by atoms with Gasteiger partial charge in [0, 0.05) is 42.1 Å². The van der Waals surface area contributed by atoms with Gasteiger partial charge >= 0.3 is 0 Å². The lowest BCUT2D eigenvalue weighted by atomic mass is 9.89. The monoisotopic (exact) mass is 377 g/mol. The van der Waals surface area contributed by atoms with E-state index < -0.39 is 0 Å². The fourth-order valence-corrected chi connectivity index (χ4v) is 4.40. The molecule has 134 valence electrons. The van der Waals surface area contributed by atoms with Crippen molar-refractivity contribution in [3.63, 3.8) is 0 Å². The van der Waals surface area contributed by atoms with Crippen LogP contribution in [0.4, 0.5) is 0 Å². The van der Waals surface area contributed by atoms with Crippen molar-refractivity contribution < 1.29 is 4.79 Å². The van der Waals surface area contributed by atoms with Crippen LogP contribution in [0.5, 0.6) is 0 Å². The van der Waals surface area contributed by atoms with Crippen LogP contribution in [0.2, 0.25) is 5.15 Å². The highest BCUT2D eigenvalue weighted by molar-refractivity contribution is 7.98. The highest BCUT2D eigenvalue weighted by atomic mass is 35.5. The van der Waals surface area contributed by atoms with Crippen LogP contribution in [-0.2, 0) is 13.6 Å². The molecule has 1 aliphatic heterocycles. The molecule has 4 nitrogen and oxygen atoms in total. The minimum absolute atomic E-state index is 0.0535. The summed E-state index contributed by atoms with van der Waals surface area (Å²) < 4.78 is 1.72. The van der Waals surface area contributed by atoms with Crippen LogP contribution in [0.1, 0.15) is 34.5 Å². The molecule has 1 atom stereocenters. The Labute approximate surface area is 158 Å². The van der Waals surface area contributed by atoms with E-state index in [1.807, 2.05) is 44.5 Å². The molecule has 25 heavy (non-hydrogen) atoms. The fraction of sp³-hybridized carbons (Fsp3) is 0.474. The van der Waals surface area contributed by atoms with Crippen molar-refractivity contribution in [2.24, 2.45) is 13.0 Å². The van der Waals surface area contributed by atoms with Gasteiger partial charge < -0.3 is 0 Å². The van der Waals surface area contributed by atoms with E-state index in [1.54, 1.807) is 16.4 Å². The van der Waals surface area contributed by atoms with Crippen LogP contribution in [0, 0.1) is 12.8 Å². The molecule has 0 unspecified atom stereocenters. The van der Waals surface area contributed by atoms with Gasteiger partial charge in [0.2, 0.25) is 0 Å². The SMILES string of the molecule is CSc1ccccc1C(=O)[C@H]1CCCN(Cc2c(C)nn(C)c2Cl)C1. The molecule has 1 aliphatic rings. The largest absolute Gasteiger partial charge is 0.298 e. The summed E-state index contributed by atoms with van der Waals surface area (Å²) in [6, 6.07) is 7.92. The second-order valence-electron chi connectivity index (χ2n) is 6.62. The molecule has 0 saturated carbocycles. The molecule has 0 amide bonds. The van der Waals surface area contributed by atoms with Gasteiger partial charge in [-0.1, -0.05) is 29.8 Å².